The van der Waals surface area contributed by atoms with Crippen molar-refractivity contribution in [1.29, 1.82) is 0 Å². The summed E-state index contributed by atoms with van der Waals surface area (Å²) in [7, 11) is -3.40. The first-order valence-electron chi connectivity index (χ1n) is 4.65. The highest BCUT2D eigenvalue weighted by Gasteiger charge is 2.12. The molecule has 0 heterocycles. The van der Waals surface area contributed by atoms with Crippen molar-refractivity contribution in [3.63, 3.8) is 0 Å². The van der Waals surface area contributed by atoms with Crippen molar-refractivity contribution in [2.24, 2.45) is 0 Å². The van der Waals surface area contributed by atoms with E-state index in [1.54, 1.807) is 13.0 Å². The first kappa shape index (κ1) is 12.6. The van der Waals surface area contributed by atoms with Crippen LogP contribution in [0.5, 0.6) is 0 Å². The Balaban J connectivity index is 2.90. The van der Waals surface area contributed by atoms with Crippen molar-refractivity contribution in [2.75, 3.05) is 6.54 Å². The Morgan fingerprint density at radius 3 is 2.69 bits per heavy atom. The number of hydrogen-bond acceptors (Lipinski definition) is 4. The van der Waals surface area contributed by atoms with Crippen LogP contribution in [0.2, 0.25) is 0 Å². The third-order valence-corrected chi connectivity index (χ3v) is 3.28. The summed E-state index contributed by atoms with van der Waals surface area (Å²) >= 11 is 0. The lowest BCUT2D eigenvalue weighted by Gasteiger charge is -2.04. The van der Waals surface area contributed by atoms with E-state index in [0.717, 1.165) is 0 Å². The van der Waals surface area contributed by atoms with Gasteiger partial charge in [-0.15, -0.1) is 0 Å². The van der Waals surface area contributed by atoms with Crippen LogP contribution < -0.4 is 4.72 Å². The van der Waals surface area contributed by atoms with Gasteiger partial charge in [-0.1, -0.05) is 19.1 Å². The number of hydrogen-bond donors (Lipinski definition) is 1. The van der Waals surface area contributed by atoms with Crippen LogP contribution in [0.3, 0.4) is 0 Å². The number of sulfonamides is 1. The number of nitrogens with zero attached hydrogens (tertiary/aromatic N) is 1. The van der Waals surface area contributed by atoms with Crippen molar-refractivity contribution < 1.29 is 13.3 Å². The maximum absolute atomic E-state index is 11.4. The minimum absolute atomic E-state index is 0.107. The molecule has 0 unspecified atom stereocenters. The molecule has 1 N–H and O–H groups in total. The molecule has 1 aromatic carbocycles. The van der Waals surface area contributed by atoms with E-state index in [1.807, 2.05) is 0 Å². The summed E-state index contributed by atoms with van der Waals surface area (Å²) in [5, 5.41) is 10.5. The molecular weight excluding hydrogens is 232 g/mol. The van der Waals surface area contributed by atoms with Crippen LogP contribution in [0.15, 0.2) is 24.3 Å². The van der Waals surface area contributed by atoms with Gasteiger partial charge in [-0.2, -0.15) is 0 Å². The van der Waals surface area contributed by atoms with E-state index in [0.29, 0.717) is 12.1 Å². The first-order chi connectivity index (χ1) is 7.44. The molecular formula is C9H12N2O4S. The van der Waals surface area contributed by atoms with Crippen molar-refractivity contribution in [1.82, 2.24) is 4.72 Å². The molecule has 0 fully saturated rings. The van der Waals surface area contributed by atoms with Gasteiger partial charge in [0.15, 0.2) is 0 Å². The second-order valence-electron chi connectivity index (χ2n) is 3.18. The van der Waals surface area contributed by atoms with Crippen LogP contribution in [0.1, 0.15) is 12.5 Å². The van der Waals surface area contributed by atoms with E-state index in [4.69, 9.17) is 0 Å². The lowest BCUT2D eigenvalue weighted by Crippen LogP contribution is -2.24. The SMILES string of the molecule is CCNS(=O)(=O)Cc1cccc([N+](=O)[O-])c1. The first-order valence-corrected chi connectivity index (χ1v) is 6.30. The van der Waals surface area contributed by atoms with Crippen molar-refractivity contribution in [2.45, 2.75) is 12.7 Å². The lowest BCUT2D eigenvalue weighted by molar-refractivity contribution is -0.384. The molecule has 0 bridgehead atoms. The maximum Gasteiger partial charge on any atom is 0.269 e. The molecule has 0 saturated carbocycles. The van der Waals surface area contributed by atoms with Crippen molar-refractivity contribution in [3.8, 4) is 0 Å². The van der Waals surface area contributed by atoms with E-state index in [1.165, 1.54) is 18.2 Å². The predicted octanol–water partition coefficient (Wildman–Crippen LogP) is 1.03. The van der Waals surface area contributed by atoms with Crippen LogP contribution in [0.25, 0.3) is 0 Å². The lowest BCUT2D eigenvalue weighted by atomic mass is 10.2. The van der Waals surface area contributed by atoms with Gasteiger partial charge in [0.25, 0.3) is 5.69 Å². The van der Waals surface area contributed by atoms with Gasteiger partial charge in [-0.3, -0.25) is 10.1 Å². The van der Waals surface area contributed by atoms with Crippen LogP contribution in [-0.2, 0) is 15.8 Å². The van der Waals surface area contributed by atoms with E-state index < -0.39 is 14.9 Å². The smallest absolute Gasteiger partial charge is 0.258 e. The number of nitro groups is 1. The fraction of sp³-hybridized carbons (Fsp3) is 0.333. The van der Waals surface area contributed by atoms with Gasteiger partial charge in [-0.05, 0) is 5.56 Å². The zero-order valence-electron chi connectivity index (χ0n) is 8.71. The van der Waals surface area contributed by atoms with Crippen LogP contribution in [0.4, 0.5) is 5.69 Å². The summed E-state index contributed by atoms with van der Waals surface area (Å²) in [6.07, 6.45) is 0. The maximum atomic E-state index is 11.4. The highest BCUT2D eigenvalue weighted by Crippen LogP contribution is 2.14. The van der Waals surface area contributed by atoms with Crippen molar-refractivity contribution >= 4 is 15.7 Å². The molecule has 0 radical (unpaired) electrons. The van der Waals surface area contributed by atoms with Gasteiger partial charge >= 0.3 is 0 Å². The standard InChI is InChI=1S/C9H12N2O4S/c1-2-10-16(14,15)7-8-4-3-5-9(6-8)11(12)13/h3-6,10H,2,7H2,1H3. The number of rotatable bonds is 5. The molecule has 0 atom stereocenters. The molecule has 16 heavy (non-hydrogen) atoms. The molecule has 7 heteroatoms. The summed E-state index contributed by atoms with van der Waals surface area (Å²) < 4.78 is 25.1. The van der Waals surface area contributed by atoms with Gasteiger partial charge in [0.2, 0.25) is 10.0 Å². The Kier molecular flexibility index (Phi) is 3.97. The normalized spacial score (nSPS) is 11.3. The fourth-order valence-corrected chi connectivity index (χ4v) is 2.41. The molecule has 0 amide bonds. The molecule has 0 aliphatic rings. The van der Waals surface area contributed by atoms with E-state index in [2.05, 4.69) is 4.72 Å². The topological polar surface area (TPSA) is 89.3 Å². The van der Waals surface area contributed by atoms with Gasteiger partial charge in [0, 0.05) is 18.7 Å². The average molecular weight is 244 g/mol. The molecule has 0 spiro atoms. The fourth-order valence-electron chi connectivity index (χ4n) is 1.25. The predicted molar refractivity (Wildman–Crippen MR) is 59.4 cm³/mol. The van der Waals surface area contributed by atoms with E-state index in [9.17, 15) is 18.5 Å². The van der Waals surface area contributed by atoms with E-state index >= 15 is 0 Å². The molecule has 0 aromatic heterocycles. The van der Waals surface area contributed by atoms with Gasteiger partial charge in [-0.25, -0.2) is 13.1 Å². The summed E-state index contributed by atoms with van der Waals surface area (Å²) in [6, 6.07) is 5.59. The summed E-state index contributed by atoms with van der Waals surface area (Å²) in [5.74, 6) is -0.248. The highest BCUT2D eigenvalue weighted by atomic mass is 32.2. The Hall–Kier alpha value is -1.47. The monoisotopic (exact) mass is 244 g/mol. The molecule has 6 nitrogen and oxygen atoms in total. The molecule has 1 aromatic rings. The summed E-state index contributed by atoms with van der Waals surface area (Å²) in [6.45, 7) is 1.97. The summed E-state index contributed by atoms with van der Waals surface area (Å²) in [5.41, 5.74) is 0.291. The minimum Gasteiger partial charge on any atom is -0.258 e. The second kappa shape index (κ2) is 5.04. The van der Waals surface area contributed by atoms with Crippen LogP contribution in [-0.4, -0.2) is 19.9 Å². The summed E-state index contributed by atoms with van der Waals surface area (Å²) in [4.78, 5) is 9.93. The van der Waals surface area contributed by atoms with Gasteiger partial charge < -0.3 is 0 Å². The van der Waals surface area contributed by atoms with Crippen LogP contribution in [0, 0.1) is 10.1 Å². The highest BCUT2D eigenvalue weighted by molar-refractivity contribution is 7.88. The Morgan fingerprint density at radius 2 is 2.12 bits per heavy atom. The molecule has 1 rings (SSSR count). The number of benzene rings is 1. The largest absolute Gasteiger partial charge is 0.269 e. The Labute approximate surface area is 93.5 Å². The molecule has 0 saturated heterocycles. The average Bonchev–Trinajstić information content (AvgIpc) is 2.17. The van der Waals surface area contributed by atoms with E-state index in [-0.39, 0.29) is 11.4 Å². The number of non-ortho nitro benzene ring substituents is 1. The second-order valence-corrected chi connectivity index (χ2v) is 4.99. The molecule has 0 aliphatic carbocycles. The number of nitrogens with one attached hydrogen (secondary N) is 1. The third kappa shape index (κ3) is 3.59. The zero-order chi connectivity index (χ0) is 12.2. The third-order valence-electron chi connectivity index (χ3n) is 1.84. The quantitative estimate of drug-likeness (QED) is 0.619. The van der Waals surface area contributed by atoms with Gasteiger partial charge in [0.1, 0.15) is 0 Å². The van der Waals surface area contributed by atoms with Crippen LogP contribution >= 0.6 is 0 Å². The minimum atomic E-state index is -3.40. The van der Waals surface area contributed by atoms with Crippen molar-refractivity contribution in [3.05, 3.63) is 39.9 Å². The molecule has 0 aliphatic heterocycles. The Morgan fingerprint density at radius 1 is 1.44 bits per heavy atom. The zero-order valence-corrected chi connectivity index (χ0v) is 9.53. The molecule has 88 valence electrons. The Bertz CT molecular complexity index is 484. The number of nitro benzene ring substituents is 1. The van der Waals surface area contributed by atoms with Gasteiger partial charge in [0.05, 0.1) is 10.7 Å².